The molecule has 2 unspecified atom stereocenters. The smallest absolute Gasteiger partial charge is 0.245 e. The molecule has 1 saturated heterocycles. The second-order valence-corrected chi connectivity index (χ2v) is 11.6. The van der Waals surface area contributed by atoms with Gasteiger partial charge in [-0.3, -0.25) is 4.79 Å². The van der Waals surface area contributed by atoms with Gasteiger partial charge in [-0.15, -0.1) is 11.3 Å². The highest BCUT2D eigenvalue weighted by Gasteiger charge is 2.36. The van der Waals surface area contributed by atoms with Crippen molar-refractivity contribution in [3.63, 3.8) is 0 Å². The van der Waals surface area contributed by atoms with Crippen LogP contribution < -0.4 is 9.62 Å². The molecule has 2 atom stereocenters. The first-order valence-electron chi connectivity index (χ1n) is 10.2. The molecule has 10 heteroatoms. The number of benzene rings is 1. The van der Waals surface area contributed by atoms with E-state index in [4.69, 9.17) is 11.6 Å². The maximum Gasteiger partial charge on any atom is 0.245 e. The third kappa shape index (κ3) is 5.77. The Bertz CT molecular complexity index is 1110. The van der Waals surface area contributed by atoms with E-state index in [-0.39, 0.29) is 30.6 Å². The van der Waals surface area contributed by atoms with Crippen LogP contribution >= 0.6 is 22.9 Å². The van der Waals surface area contributed by atoms with E-state index in [1.54, 1.807) is 18.2 Å². The maximum absolute atomic E-state index is 15.0. The molecule has 1 aromatic heterocycles. The minimum atomic E-state index is -3.85. The number of amides is 1. The van der Waals surface area contributed by atoms with Gasteiger partial charge in [0.25, 0.3) is 0 Å². The summed E-state index contributed by atoms with van der Waals surface area (Å²) >= 11 is 7.09. The van der Waals surface area contributed by atoms with E-state index in [1.165, 1.54) is 28.4 Å². The Balaban J connectivity index is 1.73. The summed E-state index contributed by atoms with van der Waals surface area (Å²) in [7, 11) is 0.0329. The Morgan fingerprint density at radius 1 is 1.28 bits per heavy atom. The first-order valence-corrected chi connectivity index (χ1v) is 13.0. The van der Waals surface area contributed by atoms with Gasteiger partial charge in [0.15, 0.2) is 0 Å². The van der Waals surface area contributed by atoms with Gasteiger partial charge in [-0.25, -0.2) is 12.8 Å². The zero-order chi connectivity index (χ0) is 23.6. The molecule has 3 rings (SSSR count). The Kier molecular flexibility index (Phi) is 7.77. The summed E-state index contributed by atoms with van der Waals surface area (Å²) in [6.45, 7) is 4.37. The van der Waals surface area contributed by atoms with Crippen molar-refractivity contribution in [1.82, 2.24) is 9.62 Å². The fourth-order valence-corrected chi connectivity index (χ4v) is 6.12. The van der Waals surface area contributed by atoms with Crippen LogP contribution in [-0.4, -0.2) is 45.9 Å². The van der Waals surface area contributed by atoms with Crippen molar-refractivity contribution < 1.29 is 17.6 Å². The topological polar surface area (TPSA) is 69.7 Å². The van der Waals surface area contributed by atoms with Crippen LogP contribution in [0.4, 0.5) is 10.1 Å². The Morgan fingerprint density at radius 3 is 2.56 bits per heavy atom. The molecule has 1 fully saturated rings. The van der Waals surface area contributed by atoms with Crippen molar-refractivity contribution in [3.05, 3.63) is 56.3 Å². The number of halogens is 2. The van der Waals surface area contributed by atoms with Gasteiger partial charge in [0.2, 0.25) is 15.9 Å². The molecule has 0 radical (unpaired) electrons. The standard InChI is InChI=1S/C22H27ClFN3O3S2/c1-14(2)21(26(3)4)15-5-7-19(17(24)13-15)27-11-9-18(22(27)28)25-32(29,30)12-10-16-6-8-20(23)31-16/h5-8,10,12-14,18,21,25H,9,11H2,1-4H3/b12-10+. The number of nitrogens with zero attached hydrogens (tertiary/aromatic N) is 2. The molecule has 6 nitrogen and oxygen atoms in total. The van der Waals surface area contributed by atoms with Crippen LogP contribution in [0.3, 0.4) is 0 Å². The summed E-state index contributed by atoms with van der Waals surface area (Å²) in [5.41, 5.74) is 0.986. The summed E-state index contributed by atoms with van der Waals surface area (Å²) in [6.07, 6.45) is 1.68. The lowest BCUT2D eigenvalue weighted by molar-refractivity contribution is -0.118. The summed E-state index contributed by atoms with van der Waals surface area (Å²) in [5.74, 6) is -0.692. The van der Waals surface area contributed by atoms with E-state index >= 15 is 0 Å². The average Bonchev–Trinajstić information content (AvgIpc) is 3.26. The lowest BCUT2D eigenvalue weighted by Gasteiger charge is -2.29. The van der Waals surface area contributed by atoms with Gasteiger partial charge in [-0.2, -0.15) is 4.72 Å². The summed E-state index contributed by atoms with van der Waals surface area (Å²) in [4.78, 5) is 16.8. The molecule has 0 saturated carbocycles. The molecule has 1 N–H and O–H groups in total. The first-order chi connectivity index (χ1) is 15.0. The Morgan fingerprint density at radius 2 is 2.00 bits per heavy atom. The predicted octanol–water partition coefficient (Wildman–Crippen LogP) is 4.49. The molecule has 174 valence electrons. The molecule has 32 heavy (non-hydrogen) atoms. The normalized spacial score (nSPS) is 18.4. The largest absolute Gasteiger partial charge is 0.308 e. The van der Waals surface area contributed by atoms with Crippen LogP contribution in [0.5, 0.6) is 0 Å². The maximum atomic E-state index is 15.0. The summed E-state index contributed by atoms with van der Waals surface area (Å²) < 4.78 is 42.7. The fraction of sp³-hybridized carbons (Fsp3) is 0.409. The fourth-order valence-electron chi connectivity index (χ4n) is 4.05. The van der Waals surface area contributed by atoms with Gasteiger partial charge in [0, 0.05) is 22.9 Å². The van der Waals surface area contributed by atoms with E-state index < -0.39 is 27.8 Å². The van der Waals surface area contributed by atoms with Gasteiger partial charge in [-0.1, -0.05) is 31.5 Å². The van der Waals surface area contributed by atoms with Crippen molar-refractivity contribution in [3.8, 4) is 0 Å². The molecule has 1 aliphatic heterocycles. The first kappa shape index (κ1) is 24.9. The van der Waals surface area contributed by atoms with Crippen molar-refractivity contribution >= 4 is 50.6 Å². The molecule has 0 aliphatic carbocycles. The highest BCUT2D eigenvalue weighted by molar-refractivity contribution is 7.92. The van der Waals surface area contributed by atoms with Crippen LogP contribution in [0, 0.1) is 11.7 Å². The van der Waals surface area contributed by atoms with Gasteiger partial charge >= 0.3 is 0 Å². The van der Waals surface area contributed by atoms with E-state index in [9.17, 15) is 17.6 Å². The molecule has 0 spiro atoms. The number of carbonyl (C=O) groups excluding carboxylic acids is 1. The van der Waals surface area contributed by atoms with Crippen molar-refractivity contribution in [2.75, 3.05) is 25.5 Å². The number of thiophene rings is 1. The van der Waals surface area contributed by atoms with Gasteiger partial charge < -0.3 is 9.80 Å². The van der Waals surface area contributed by atoms with E-state index in [1.807, 2.05) is 25.1 Å². The molecule has 2 aromatic rings. The van der Waals surface area contributed by atoms with Crippen LogP contribution in [0.25, 0.3) is 6.08 Å². The van der Waals surface area contributed by atoms with Crippen molar-refractivity contribution in [2.45, 2.75) is 32.4 Å². The minimum Gasteiger partial charge on any atom is -0.308 e. The summed E-state index contributed by atoms with van der Waals surface area (Å²) in [5, 5.41) is 1.01. The number of hydrogen-bond donors (Lipinski definition) is 1. The number of sulfonamides is 1. The van der Waals surface area contributed by atoms with Crippen molar-refractivity contribution in [1.29, 1.82) is 0 Å². The molecule has 1 aliphatic rings. The molecular formula is C22H27ClFN3O3S2. The van der Waals surface area contributed by atoms with Crippen LogP contribution in [-0.2, 0) is 14.8 Å². The number of rotatable bonds is 8. The predicted molar refractivity (Wildman–Crippen MR) is 129 cm³/mol. The van der Waals surface area contributed by atoms with Crippen LogP contribution in [0.1, 0.15) is 36.8 Å². The number of nitrogens with one attached hydrogen (secondary N) is 1. The number of hydrogen-bond acceptors (Lipinski definition) is 5. The molecule has 1 aromatic carbocycles. The third-order valence-corrected chi connectivity index (χ3v) is 7.61. The third-order valence-electron chi connectivity index (χ3n) is 5.31. The second kappa shape index (κ2) is 10.0. The van der Waals surface area contributed by atoms with Gasteiger partial charge in [-0.05, 0) is 62.3 Å². The molecular weight excluding hydrogens is 473 g/mol. The lowest BCUT2D eigenvalue weighted by atomic mass is 9.94. The van der Waals surface area contributed by atoms with E-state index in [0.29, 0.717) is 9.21 Å². The average molecular weight is 500 g/mol. The summed E-state index contributed by atoms with van der Waals surface area (Å²) in [6, 6.07) is 7.35. The SMILES string of the molecule is CC(C)C(c1ccc(N2CCC(NS(=O)(=O)/C=C/c3ccc(Cl)s3)C2=O)c(F)c1)N(C)C. The van der Waals surface area contributed by atoms with Crippen LogP contribution in [0.2, 0.25) is 4.34 Å². The highest BCUT2D eigenvalue weighted by atomic mass is 35.5. The lowest BCUT2D eigenvalue weighted by Crippen LogP contribution is -2.40. The van der Waals surface area contributed by atoms with E-state index in [0.717, 1.165) is 11.0 Å². The zero-order valence-corrected chi connectivity index (χ0v) is 20.8. The minimum absolute atomic E-state index is 0.0393. The Labute approximate surface area is 197 Å². The molecule has 1 amide bonds. The second-order valence-electron chi connectivity index (χ2n) is 8.30. The highest BCUT2D eigenvalue weighted by Crippen LogP contribution is 2.32. The number of anilines is 1. The zero-order valence-electron chi connectivity index (χ0n) is 18.4. The Hall–Kier alpha value is -1.78. The van der Waals surface area contributed by atoms with Gasteiger partial charge in [0.05, 0.1) is 10.0 Å². The quantitative estimate of drug-likeness (QED) is 0.580. The van der Waals surface area contributed by atoms with Gasteiger partial charge in [0.1, 0.15) is 11.9 Å². The molecule has 2 heterocycles. The van der Waals surface area contributed by atoms with E-state index in [2.05, 4.69) is 18.6 Å². The number of carbonyl (C=O) groups is 1. The van der Waals surface area contributed by atoms with Crippen molar-refractivity contribution in [2.24, 2.45) is 5.92 Å². The molecule has 0 bridgehead atoms. The van der Waals surface area contributed by atoms with Crippen LogP contribution in [0.15, 0.2) is 35.7 Å². The monoisotopic (exact) mass is 499 g/mol.